The van der Waals surface area contributed by atoms with Gasteiger partial charge in [0, 0.05) is 16.5 Å². The number of carbonyl (C=O) groups is 1. The van der Waals surface area contributed by atoms with Gasteiger partial charge in [-0.3, -0.25) is 14.9 Å². The maximum absolute atomic E-state index is 12.2. The van der Waals surface area contributed by atoms with Crippen molar-refractivity contribution in [2.45, 2.75) is 32.1 Å². The molecular weight excluding hydrogens is 342 g/mol. The van der Waals surface area contributed by atoms with Crippen LogP contribution in [-0.2, 0) is 12.8 Å². The molecule has 1 amide bonds. The number of aryl methyl sites for hydroxylation is 2. The van der Waals surface area contributed by atoms with Gasteiger partial charge in [0.05, 0.1) is 16.0 Å². The molecule has 0 bridgehead atoms. The number of hydrazone groups is 1. The molecule has 0 saturated heterocycles. The molecule has 2 N–H and O–H groups in total. The van der Waals surface area contributed by atoms with Crippen LogP contribution in [0.25, 0.3) is 0 Å². The van der Waals surface area contributed by atoms with Crippen molar-refractivity contribution in [2.24, 2.45) is 5.10 Å². The van der Waals surface area contributed by atoms with Gasteiger partial charge < -0.3 is 5.11 Å². The number of nitro benzene ring substituents is 1. The lowest BCUT2D eigenvalue weighted by Gasteiger charge is -1.98. The summed E-state index contributed by atoms with van der Waals surface area (Å²) in [5.41, 5.74) is 3.70. The van der Waals surface area contributed by atoms with Crippen LogP contribution in [0.4, 0.5) is 5.69 Å². The zero-order chi connectivity index (χ0) is 17.8. The van der Waals surface area contributed by atoms with Crippen LogP contribution in [-0.4, -0.2) is 22.2 Å². The highest BCUT2D eigenvalue weighted by atomic mass is 32.1. The van der Waals surface area contributed by atoms with Gasteiger partial charge in [0.15, 0.2) is 5.75 Å². The highest BCUT2D eigenvalue weighted by molar-refractivity contribution is 7.14. The Kier molecular flexibility index (Phi) is 5.08. The number of phenols is 1. The van der Waals surface area contributed by atoms with Crippen LogP contribution in [0.15, 0.2) is 29.4 Å². The number of nitro groups is 1. The Balaban J connectivity index is 1.67. The molecule has 8 heteroatoms. The van der Waals surface area contributed by atoms with E-state index in [-0.39, 0.29) is 5.91 Å². The first-order valence-corrected chi connectivity index (χ1v) is 8.78. The van der Waals surface area contributed by atoms with Crippen molar-refractivity contribution in [1.82, 2.24) is 5.43 Å². The Labute approximate surface area is 148 Å². The van der Waals surface area contributed by atoms with E-state index in [4.69, 9.17) is 0 Å². The summed E-state index contributed by atoms with van der Waals surface area (Å²) in [6.45, 7) is 0. The molecule has 0 radical (unpaired) electrons. The number of phenolic OH excluding ortho intramolecular Hbond substituents is 1. The van der Waals surface area contributed by atoms with Crippen molar-refractivity contribution in [3.05, 3.63) is 55.3 Å². The van der Waals surface area contributed by atoms with Gasteiger partial charge >= 0.3 is 5.69 Å². The molecule has 1 aromatic heterocycles. The van der Waals surface area contributed by atoms with Crippen LogP contribution in [0.2, 0.25) is 0 Å². The Morgan fingerprint density at radius 1 is 1.28 bits per heavy atom. The zero-order valence-electron chi connectivity index (χ0n) is 13.4. The standard InChI is InChI=1S/C17H17N3O4S/c21-14-7-6-11(8-13(14)20(23)24)10-18-19-17(22)16-9-12-4-2-1-3-5-15(12)25-16/h6-10,21H,1-5H2,(H,19,22)/b18-10+. The number of thiophene rings is 1. The summed E-state index contributed by atoms with van der Waals surface area (Å²) in [7, 11) is 0. The van der Waals surface area contributed by atoms with Crippen LogP contribution in [0.1, 0.15) is 44.9 Å². The summed E-state index contributed by atoms with van der Waals surface area (Å²) in [5, 5.41) is 24.1. The van der Waals surface area contributed by atoms with E-state index in [1.54, 1.807) is 0 Å². The van der Waals surface area contributed by atoms with Gasteiger partial charge in [-0.25, -0.2) is 5.43 Å². The van der Waals surface area contributed by atoms with E-state index in [1.165, 1.54) is 52.6 Å². The zero-order valence-corrected chi connectivity index (χ0v) is 14.2. The van der Waals surface area contributed by atoms with Crippen molar-refractivity contribution >= 4 is 29.1 Å². The summed E-state index contributed by atoms with van der Waals surface area (Å²) in [6, 6.07) is 5.82. The Hall–Kier alpha value is -2.74. The first-order valence-electron chi connectivity index (χ1n) is 7.97. The fraction of sp³-hybridized carbons (Fsp3) is 0.294. The van der Waals surface area contributed by atoms with Crippen LogP contribution < -0.4 is 5.43 Å². The molecule has 130 valence electrons. The topological polar surface area (TPSA) is 105 Å². The SMILES string of the molecule is O=C(N/N=C/c1ccc(O)c([N+](=O)[O-])c1)c1cc2c(s1)CCCCC2. The molecule has 0 fully saturated rings. The number of benzene rings is 1. The smallest absolute Gasteiger partial charge is 0.311 e. The Morgan fingerprint density at radius 2 is 2.08 bits per heavy atom. The maximum atomic E-state index is 12.2. The van der Waals surface area contributed by atoms with E-state index in [1.807, 2.05) is 6.07 Å². The fourth-order valence-electron chi connectivity index (χ4n) is 2.77. The number of rotatable bonds is 4. The molecule has 0 atom stereocenters. The highest BCUT2D eigenvalue weighted by Gasteiger charge is 2.16. The molecule has 7 nitrogen and oxygen atoms in total. The lowest BCUT2D eigenvalue weighted by atomic mass is 10.1. The molecule has 25 heavy (non-hydrogen) atoms. The van der Waals surface area contributed by atoms with Crippen molar-refractivity contribution in [3.8, 4) is 5.75 Å². The number of aromatic hydroxyl groups is 1. The number of nitrogens with one attached hydrogen (secondary N) is 1. The van der Waals surface area contributed by atoms with Gasteiger partial charge in [-0.05, 0) is 49.4 Å². The van der Waals surface area contributed by atoms with Gasteiger partial charge in [0.2, 0.25) is 0 Å². The minimum Gasteiger partial charge on any atom is -0.502 e. The minimum absolute atomic E-state index is 0.289. The quantitative estimate of drug-likeness (QED) is 0.378. The molecule has 2 aromatic rings. The van der Waals surface area contributed by atoms with Crippen LogP contribution >= 0.6 is 11.3 Å². The van der Waals surface area contributed by atoms with Crippen molar-refractivity contribution in [1.29, 1.82) is 0 Å². The molecule has 0 aliphatic heterocycles. The third-order valence-corrected chi connectivity index (χ3v) is 5.28. The molecule has 1 aromatic carbocycles. The molecule has 1 heterocycles. The Bertz CT molecular complexity index is 821. The summed E-state index contributed by atoms with van der Waals surface area (Å²) >= 11 is 1.50. The second kappa shape index (κ2) is 7.43. The first-order chi connectivity index (χ1) is 12.0. The van der Waals surface area contributed by atoms with Gasteiger partial charge in [-0.1, -0.05) is 6.42 Å². The van der Waals surface area contributed by atoms with E-state index in [0.29, 0.717) is 10.4 Å². The Morgan fingerprint density at radius 3 is 2.88 bits per heavy atom. The number of nitrogens with zero attached hydrogens (tertiary/aromatic N) is 2. The third-order valence-electron chi connectivity index (χ3n) is 4.05. The number of hydrogen-bond acceptors (Lipinski definition) is 6. The molecule has 1 aliphatic carbocycles. The number of amides is 1. The number of carbonyl (C=O) groups excluding carboxylic acids is 1. The van der Waals surface area contributed by atoms with Crippen LogP contribution in [0.5, 0.6) is 5.75 Å². The minimum atomic E-state index is -0.677. The first kappa shape index (κ1) is 17.1. The number of hydrogen-bond donors (Lipinski definition) is 2. The average molecular weight is 359 g/mol. The maximum Gasteiger partial charge on any atom is 0.311 e. The lowest BCUT2D eigenvalue weighted by Crippen LogP contribution is -2.16. The predicted octanol–water partition coefficient (Wildman–Crippen LogP) is 3.39. The van der Waals surface area contributed by atoms with Crippen molar-refractivity contribution in [2.75, 3.05) is 0 Å². The monoisotopic (exact) mass is 359 g/mol. The second-order valence-electron chi connectivity index (χ2n) is 5.82. The molecular formula is C17H17N3O4S. The van der Waals surface area contributed by atoms with E-state index >= 15 is 0 Å². The molecule has 0 saturated carbocycles. The van der Waals surface area contributed by atoms with E-state index < -0.39 is 16.4 Å². The van der Waals surface area contributed by atoms with Crippen molar-refractivity contribution < 1.29 is 14.8 Å². The second-order valence-corrected chi connectivity index (χ2v) is 6.96. The van der Waals surface area contributed by atoms with Crippen LogP contribution in [0, 0.1) is 10.1 Å². The number of fused-ring (bicyclic) bond motifs is 1. The van der Waals surface area contributed by atoms with Gasteiger partial charge in [0.1, 0.15) is 0 Å². The lowest BCUT2D eigenvalue weighted by molar-refractivity contribution is -0.385. The van der Waals surface area contributed by atoms with Crippen LogP contribution in [0.3, 0.4) is 0 Å². The largest absolute Gasteiger partial charge is 0.502 e. The van der Waals surface area contributed by atoms with Gasteiger partial charge in [-0.15, -0.1) is 11.3 Å². The van der Waals surface area contributed by atoms with E-state index in [2.05, 4.69) is 10.5 Å². The molecule has 1 aliphatic rings. The third kappa shape index (κ3) is 4.03. The highest BCUT2D eigenvalue weighted by Crippen LogP contribution is 2.29. The van der Waals surface area contributed by atoms with E-state index in [9.17, 15) is 20.0 Å². The fourth-order valence-corrected chi connectivity index (χ4v) is 3.91. The summed E-state index contributed by atoms with van der Waals surface area (Å²) in [6.07, 6.45) is 6.89. The normalized spacial score (nSPS) is 14.1. The molecule has 0 unspecified atom stereocenters. The summed E-state index contributed by atoms with van der Waals surface area (Å²) in [5.74, 6) is -0.700. The summed E-state index contributed by atoms with van der Waals surface area (Å²) in [4.78, 5) is 24.2. The average Bonchev–Trinajstić information content (AvgIpc) is 2.87. The molecule has 3 rings (SSSR count). The van der Waals surface area contributed by atoms with Gasteiger partial charge in [-0.2, -0.15) is 5.10 Å². The van der Waals surface area contributed by atoms with Crippen molar-refractivity contribution in [3.63, 3.8) is 0 Å². The van der Waals surface area contributed by atoms with E-state index in [0.717, 1.165) is 25.7 Å². The van der Waals surface area contributed by atoms with Gasteiger partial charge in [0.25, 0.3) is 5.91 Å². The predicted molar refractivity (Wildman–Crippen MR) is 95.4 cm³/mol. The summed E-state index contributed by atoms with van der Waals surface area (Å²) < 4.78 is 0. The molecule has 0 spiro atoms.